The lowest BCUT2D eigenvalue weighted by Crippen LogP contribution is -2.34. The lowest BCUT2D eigenvalue weighted by atomic mass is 9.85. The summed E-state index contributed by atoms with van der Waals surface area (Å²) in [6.07, 6.45) is 5.27. The molecule has 1 fully saturated rings. The number of ether oxygens (including phenoxy) is 1. The van der Waals surface area contributed by atoms with Crippen molar-refractivity contribution in [3.8, 4) is 5.75 Å². The van der Waals surface area contributed by atoms with E-state index >= 15 is 0 Å². The summed E-state index contributed by atoms with van der Waals surface area (Å²) in [6.45, 7) is 4.32. The molecule has 2 aromatic heterocycles. The molecular weight excluding hydrogens is 541 g/mol. The minimum absolute atomic E-state index is 0.0832. The Balaban J connectivity index is 1.53. The summed E-state index contributed by atoms with van der Waals surface area (Å²) in [5.41, 5.74) is 4.52. The fourth-order valence-electron chi connectivity index (χ4n) is 5.72. The van der Waals surface area contributed by atoms with Crippen LogP contribution >= 0.6 is 7.14 Å². The van der Waals surface area contributed by atoms with Gasteiger partial charge >= 0.3 is 0 Å². The predicted molar refractivity (Wildman–Crippen MR) is 170 cm³/mol. The molecule has 1 amide bonds. The van der Waals surface area contributed by atoms with Gasteiger partial charge in [-0.2, -0.15) is 0 Å². The lowest BCUT2D eigenvalue weighted by molar-refractivity contribution is 0.0739. The summed E-state index contributed by atoms with van der Waals surface area (Å²) >= 11 is 0. The van der Waals surface area contributed by atoms with Crippen molar-refractivity contribution in [2.24, 2.45) is 5.92 Å². The molecule has 1 saturated carbocycles. The zero-order chi connectivity index (χ0) is 29.3. The first kappa shape index (κ1) is 28.1. The van der Waals surface area contributed by atoms with Gasteiger partial charge in [0.15, 0.2) is 11.4 Å². The Morgan fingerprint density at radius 1 is 0.976 bits per heavy atom. The quantitative estimate of drug-likeness (QED) is 0.131. The van der Waals surface area contributed by atoms with Gasteiger partial charge in [0.25, 0.3) is 5.91 Å². The number of pyridine rings is 2. The highest BCUT2D eigenvalue weighted by atomic mass is 31.2. The molecule has 0 saturated heterocycles. The first-order valence-electron chi connectivity index (χ1n) is 14.5. The monoisotopic (exact) mass is 577 g/mol. The summed E-state index contributed by atoms with van der Waals surface area (Å²) in [4.78, 5) is 25.4. The van der Waals surface area contributed by atoms with Crippen molar-refractivity contribution >= 4 is 35.0 Å². The molecular formula is C35H36N3O3P. The third-order valence-corrected chi connectivity index (χ3v) is 9.17. The van der Waals surface area contributed by atoms with Crippen LogP contribution in [-0.4, -0.2) is 47.7 Å². The van der Waals surface area contributed by atoms with E-state index < -0.39 is 13.2 Å². The van der Waals surface area contributed by atoms with Crippen molar-refractivity contribution in [1.29, 1.82) is 0 Å². The van der Waals surface area contributed by atoms with Crippen LogP contribution in [0.5, 0.6) is 5.75 Å². The predicted octanol–water partition coefficient (Wildman–Crippen LogP) is 7.95. The van der Waals surface area contributed by atoms with Gasteiger partial charge in [-0.05, 0) is 67.0 Å². The van der Waals surface area contributed by atoms with Crippen molar-refractivity contribution in [2.45, 2.75) is 31.5 Å². The Hall–Kier alpha value is -4.02. The number of carbonyl (C=O) groups is 1. The van der Waals surface area contributed by atoms with Crippen LogP contribution < -0.4 is 4.74 Å². The van der Waals surface area contributed by atoms with Gasteiger partial charge in [-0.1, -0.05) is 73.2 Å². The van der Waals surface area contributed by atoms with Crippen molar-refractivity contribution < 1.29 is 14.1 Å². The van der Waals surface area contributed by atoms with E-state index in [1.165, 1.54) is 6.42 Å². The first-order valence-corrected chi connectivity index (χ1v) is 17.3. The SMILES string of the molecule is CN(CC1CCC1)C(=O)c1ccc2cc3c(CP(C)(C)=O)ccnc3nc2c1OC(c1ccccc1)c1ccccc1. The zero-order valence-corrected chi connectivity index (χ0v) is 25.3. The molecule has 5 aromatic rings. The highest BCUT2D eigenvalue weighted by Gasteiger charge is 2.27. The molecule has 7 heteroatoms. The Morgan fingerprint density at radius 3 is 2.24 bits per heavy atom. The summed E-state index contributed by atoms with van der Waals surface area (Å²) in [5, 5.41) is 1.70. The lowest BCUT2D eigenvalue weighted by Gasteiger charge is -2.31. The van der Waals surface area contributed by atoms with E-state index in [0.29, 0.717) is 34.6 Å². The Labute approximate surface area is 247 Å². The molecule has 0 atom stereocenters. The van der Waals surface area contributed by atoms with E-state index in [-0.39, 0.29) is 5.91 Å². The van der Waals surface area contributed by atoms with E-state index in [4.69, 9.17) is 9.72 Å². The summed E-state index contributed by atoms with van der Waals surface area (Å²) in [6, 6.07) is 27.8. The normalized spacial score (nSPS) is 13.8. The van der Waals surface area contributed by atoms with Gasteiger partial charge in [0, 0.05) is 36.7 Å². The number of amides is 1. The molecule has 214 valence electrons. The molecule has 6 rings (SSSR count). The number of rotatable bonds is 9. The van der Waals surface area contributed by atoms with Crippen LogP contribution in [0.3, 0.4) is 0 Å². The second-order valence-electron chi connectivity index (χ2n) is 11.9. The van der Waals surface area contributed by atoms with Crippen molar-refractivity contribution in [2.75, 3.05) is 26.9 Å². The largest absolute Gasteiger partial charge is 0.478 e. The number of benzene rings is 3. The van der Waals surface area contributed by atoms with Gasteiger partial charge < -0.3 is 14.2 Å². The van der Waals surface area contributed by atoms with E-state index in [0.717, 1.165) is 46.8 Å². The van der Waals surface area contributed by atoms with Gasteiger partial charge in [-0.15, -0.1) is 0 Å². The molecule has 0 aliphatic heterocycles. The van der Waals surface area contributed by atoms with Crippen LogP contribution in [0.25, 0.3) is 21.9 Å². The van der Waals surface area contributed by atoms with E-state index in [9.17, 15) is 9.36 Å². The van der Waals surface area contributed by atoms with Crippen LogP contribution in [0.15, 0.2) is 91.1 Å². The molecule has 1 aliphatic carbocycles. The van der Waals surface area contributed by atoms with E-state index in [1.54, 1.807) is 19.5 Å². The molecule has 1 aliphatic rings. The molecule has 0 bridgehead atoms. The second kappa shape index (κ2) is 11.7. The number of carbonyl (C=O) groups excluding carboxylic acids is 1. The van der Waals surface area contributed by atoms with Crippen molar-refractivity contribution in [1.82, 2.24) is 14.9 Å². The molecule has 6 nitrogen and oxygen atoms in total. The van der Waals surface area contributed by atoms with Gasteiger partial charge in [-0.25, -0.2) is 9.97 Å². The van der Waals surface area contributed by atoms with Gasteiger partial charge in [0.1, 0.15) is 11.6 Å². The minimum Gasteiger partial charge on any atom is -0.478 e. The Kier molecular flexibility index (Phi) is 7.83. The van der Waals surface area contributed by atoms with Crippen molar-refractivity contribution in [3.63, 3.8) is 0 Å². The van der Waals surface area contributed by atoms with Gasteiger partial charge in [0.2, 0.25) is 0 Å². The molecule has 0 unspecified atom stereocenters. The number of hydrogen-bond donors (Lipinski definition) is 0. The maximum Gasteiger partial charge on any atom is 0.257 e. The van der Waals surface area contributed by atoms with Crippen LogP contribution in [0, 0.1) is 5.92 Å². The standard InChI is InChI=1S/C35H36N3O3P/c1-38(22-24-11-10-12-24)35(39)29-18-17-27-21-30-28(23-42(2,3)40)19-20-36-34(30)37-31(27)33(29)41-32(25-13-6-4-7-14-25)26-15-8-5-9-16-26/h4-9,13-21,24,32H,10-12,22-23H2,1-3H3. The highest BCUT2D eigenvalue weighted by molar-refractivity contribution is 7.61. The number of fused-ring (bicyclic) bond motifs is 2. The van der Waals surface area contributed by atoms with Gasteiger partial charge in [-0.3, -0.25) is 4.79 Å². The number of aromatic nitrogens is 2. The maximum atomic E-state index is 14.0. The molecule has 42 heavy (non-hydrogen) atoms. The first-order chi connectivity index (χ1) is 20.3. The molecule has 0 spiro atoms. The average Bonchev–Trinajstić information content (AvgIpc) is 2.96. The van der Waals surface area contributed by atoms with Crippen LogP contribution in [0.4, 0.5) is 0 Å². The topological polar surface area (TPSA) is 72.4 Å². The molecule has 0 radical (unpaired) electrons. The summed E-state index contributed by atoms with van der Waals surface area (Å²) < 4.78 is 19.6. The summed E-state index contributed by atoms with van der Waals surface area (Å²) in [7, 11) is -0.450. The Morgan fingerprint density at radius 2 is 1.64 bits per heavy atom. The van der Waals surface area contributed by atoms with Crippen LogP contribution in [0.1, 0.15) is 52.4 Å². The smallest absolute Gasteiger partial charge is 0.257 e. The molecule has 2 heterocycles. The van der Waals surface area contributed by atoms with Crippen molar-refractivity contribution in [3.05, 3.63) is 113 Å². The van der Waals surface area contributed by atoms with Crippen LogP contribution in [0.2, 0.25) is 0 Å². The highest BCUT2D eigenvalue weighted by Crippen LogP contribution is 2.43. The number of hydrogen-bond acceptors (Lipinski definition) is 5. The Bertz CT molecular complexity index is 1740. The second-order valence-corrected chi connectivity index (χ2v) is 15.3. The third kappa shape index (κ3) is 5.96. The van der Waals surface area contributed by atoms with Gasteiger partial charge in [0.05, 0.1) is 12.7 Å². The number of nitrogens with zero attached hydrogens (tertiary/aromatic N) is 3. The third-order valence-electron chi connectivity index (χ3n) is 8.07. The zero-order valence-electron chi connectivity index (χ0n) is 24.4. The van der Waals surface area contributed by atoms with Crippen LogP contribution in [-0.2, 0) is 10.7 Å². The molecule has 0 N–H and O–H groups in total. The fraction of sp³-hybridized carbons (Fsp3) is 0.286. The van der Waals surface area contributed by atoms with E-state index in [2.05, 4.69) is 4.98 Å². The minimum atomic E-state index is -2.32. The fourth-order valence-corrected chi connectivity index (χ4v) is 6.81. The summed E-state index contributed by atoms with van der Waals surface area (Å²) in [5.74, 6) is 0.907. The average molecular weight is 578 g/mol. The maximum absolute atomic E-state index is 14.0. The molecule has 3 aromatic carbocycles. The van der Waals surface area contributed by atoms with E-state index in [1.807, 2.05) is 96.9 Å².